The van der Waals surface area contributed by atoms with Crippen LogP contribution >= 0.6 is 11.8 Å². The molecule has 0 saturated carbocycles. The van der Waals surface area contributed by atoms with E-state index in [0.717, 1.165) is 23.9 Å². The number of aliphatic carboxylic acids is 1. The van der Waals surface area contributed by atoms with E-state index in [4.69, 9.17) is 9.84 Å². The van der Waals surface area contributed by atoms with Crippen molar-refractivity contribution in [1.82, 2.24) is 5.32 Å². The Bertz CT molecular complexity index is 1040. The molecule has 1 saturated heterocycles. The molecule has 31 heavy (non-hydrogen) atoms. The van der Waals surface area contributed by atoms with Gasteiger partial charge in [-0.3, -0.25) is 9.59 Å². The lowest BCUT2D eigenvalue weighted by Gasteiger charge is -2.10. The highest BCUT2D eigenvalue weighted by Gasteiger charge is 2.32. The maximum absolute atomic E-state index is 12.8. The summed E-state index contributed by atoms with van der Waals surface area (Å²) in [5, 5.41) is 18.4. The Morgan fingerprint density at radius 1 is 1.23 bits per heavy atom. The van der Waals surface area contributed by atoms with E-state index < -0.39 is 28.9 Å². The molecule has 1 aliphatic rings. The maximum atomic E-state index is 12.8. The average molecular weight is 451 g/mol. The molecule has 0 spiro atoms. The third-order valence-electron chi connectivity index (χ3n) is 4.01. The largest absolute Gasteiger partial charge is 0.489 e. The highest BCUT2D eigenvalue weighted by atomic mass is 32.2. The molecule has 1 fully saturated rings. The zero-order chi connectivity index (χ0) is 22.4. The van der Waals surface area contributed by atoms with Crippen molar-refractivity contribution in [3.63, 3.8) is 0 Å². The Labute approximate surface area is 179 Å². The molecule has 0 aromatic heterocycles. The van der Waals surface area contributed by atoms with E-state index in [-0.39, 0.29) is 18.2 Å². The first-order valence-corrected chi connectivity index (χ1v) is 9.78. The lowest BCUT2D eigenvalue weighted by atomic mass is 10.1. The van der Waals surface area contributed by atoms with Gasteiger partial charge in [0.1, 0.15) is 17.6 Å². The van der Waals surface area contributed by atoms with Crippen LogP contribution in [-0.2, 0) is 22.4 Å². The summed E-state index contributed by atoms with van der Waals surface area (Å²) in [6.07, 6.45) is -3.33. The van der Waals surface area contributed by atoms with E-state index in [1.165, 1.54) is 12.3 Å². The number of thioether (sulfide) groups is 1. The highest BCUT2D eigenvalue weighted by Crippen LogP contribution is 2.29. The van der Waals surface area contributed by atoms with Crippen LogP contribution in [0.15, 0.2) is 58.7 Å². The monoisotopic (exact) mass is 451 g/mol. The van der Waals surface area contributed by atoms with Crippen LogP contribution in [0, 0.1) is 0 Å². The number of carbonyl (C=O) groups excluding carboxylic acids is 1. The van der Waals surface area contributed by atoms with Crippen molar-refractivity contribution in [3.8, 4) is 5.75 Å². The van der Waals surface area contributed by atoms with E-state index >= 15 is 0 Å². The Hall–Kier alpha value is -3.34. The average Bonchev–Trinajstić information content (AvgIpc) is 3.05. The van der Waals surface area contributed by atoms with Crippen LogP contribution in [0.5, 0.6) is 5.75 Å². The summed E-state index contributed by atoms with van der Waals surface area (Å²) in [5.41, 5.74) is 0.253. The second kappa shape index (κ2) is 9.65. The molecular weight excluding hydrogens is 435 g/mol. The molecule has 2 aromatic rings. The van der Waals surface area contributed by atoms with Crippen molar-refractivity contribution in [2.45, 2.75) is 24.5 Å². The fourth-order valence-corrected chi connectivity index (χ4v) is 3.50. The zero-order valence-electron chi connectivity index (χ0n) is 15.8. The van der Waals surface area contributed by atoms with Crippen molar-refractivity contribution in [2.24, 2.45) is 10.2 Å². The number of amidine groups is 1. The number of carbonyl (C=O) groups is 2. The van der Waals surface area contributed by atoms with Gasteiger partial charge in [-0.25, -0.2) is 0 Å². The molecule has 2 N–H and O–H groups in total. The zero-order valence-corrected chi connectivity index (χ0v) is 16.6. The quantitative estimate of drug-likeness (QED) is 0.494. The van der Waals surface area contributed by atoms with Crippen LogP contribution in [0.1, 0.15) is 23.1 Å². The number of hydrogen-bond donors (Lipinski definition) is 2. The summed E-state index contributed by atoms with van der Waals surface area (Å²) >= 11 is 0.984. The molecule has 1 amide bonds. The third-order valence-corrected chi connectivity index (χ3v) is 5.08. The number of halogens is 3. The van der Waals surface area contributed by atoms with Gasteiger partial charge >= 0.3 is 12.1 Å². The first kappa shape index (κ1) is 22.3. The highest BCUT2D eigenvalue weighted by molar-refractivity contribution is 8.15. The lowest BCUT2D eigenvalue weighted by molar-refractivity contribution is -0.138. The fourth-order valence-electron chi connectivity index (χ4n) is 2.58. The summed E-state index contributed by atoms with van der Waals surface area (Å²) in [6.45, 7) is -0.0412. The molecule has 0 aliphatic carbocycles. The number of benzene rings is 2. The minimum atomic E-state index is -4.42. The normalized spacial score (nSPS) is 17.8. The molecule has 162 valence electrons. The standard InChI is InChI=1S/C20H16F3N3O4S/c21-20(22,23)14-5-1-4-13(7-14)11-30-15-6-2-3-12(8-15)10-24-26-19-25-18(29)16(31-19)9-17(27)28/h1-8,10,16H,9,11H2,(H,27,28)(H,25,26,29). The van der Waals surface area contributed by atoms with Gasteiger partial charge in [0.25, 0.3) is 0 Å². The van der Waals surface area contributed by atoms with Gasteiger partial charge in [-0.05, 0) is 35.4 Å². The van der Waals surface area contributed by atoms with Gasteiger partial charge in [-0.1, -0.05) is 36.0 Å². The number of carboxylic acid groups (broad SMARTS) is 1. The fraction of sp³-hybridized carbons (Fsp3) is 0.200. The number of carboxylic acids is 1. The molecule has 3 rings (SSSR count). The topological polar surface area (TPSA) is 100 Å². The van der Waals surface area contributed by atoms with Crippen LogP contribution in [0.4, 0.5) is 13.2 Å². The minimum absolute atomic E-state index is 0.0412. The van der Waals surface area contributed by atoms with E-state index in [0.29, 0.717) is 16.9 Å². The van der Waals surface area contributed by atoms with Crippen molar-refractivity contribution in [1.29, 1.82) is 0 Å². The van der Waals surface area contributed by atoms with E-state index in [1.54, 1.807) is 30.3 Å². The predicted molar refractivity (Wildman–Crippen MR) is 109 cm³/mol. The SMILES string of the molecule is O=C(O)CC1SC(=NN=Cc2cccc(OCc3cccc(C(F)(F)F)c3)c2)NC1=O. The number of ether oxygens (including phenoxy) is 1. The Balaban J connectivity index is 1.59. The van der Waals surface area contributed by atoms with E-state index in [1.807, 2.05) is 0 Å². The molecule has 1 atom stereocenters. The molecule has 0 radical (unpaired) electrons. The molecule has 11 heteroatoms. The third kappa shape index (κ3) is 6.57. The molecule has 7 nitrogen and oxygen atoms in total. The predicted octanol–water partition coefficient (Wildman–Crippen LogP) is 3.68. The number of nitrogens with one attached hydrogen (secondary N) is 1. The Morgan fingerprint density at radius 2 is 2.00 bits per heavy atom. The molecule has 2 aromatic carbocycles. The molecule has 1 aliphatic heterocycles. The van der Waals surface area contributed by atoms with Crippen LogP contribution in [0.25, 0.3) is 0 Å². The van der Waals surface area contributed by atoms with Gasteiger partial charge in [-0.2, -0.15) is 18.3 Å². The van der Waals surface area contributed by atoms with Crippen molar-refractivity contribution < 1.29 is 32.6 Å². The first-order chi connectivity index (χ1) is 14.7. The van der Waals surface area contributed by atoms with Gasteiger partial charge in [0, 0.05) is 0 Å². The first-order valence-electron chi connectivity index (χ1n) is 8.90. The van der Waals surface area contributed by atoms with Crippen LogP contribution in [-0.4, -0.2) is 33.6 Å². The van der Waals surface area contributed by atoms with E-state index in [9.17, 15) is 22.8 Å². The molecule has 1 unspecified atom stereocenters. The van der Waals surface area contributed by atoms with Crippen molar-refractivity contribution in [3.05, 3.63) is 65.2 Å². The van der Waals surface area contributed by atoms with Gasteiger partial charge < -0.3 is 15.2 Å². The summed E-state index contributed by atoms with van der Waals surface area (Å²) in [7, 11) is 0. The van der Waals surface area contributed by atoms with Gasteiger partial charge in [0.05, 0.1) is 18.2 Å². The lowest BCUT2D eigenvalue weighted by Crippen LogP contribution is -2.26. The summed E-state index contributed by atoms with van der Waals surface area (Å²) < 4.78 is 44.0. The molecular formula is C20H16F3N3O4S. The van der Waals surface area contributed by atoms with Crippen LogP contribution in [0.2, 0.25) is 0 Å². The maximum Gasteiger partial charge on any atom is 0.416 e. The van der Waals surface area contributed by atoms with Crippen LogP contribution < -0.4 is 10.1 Å². The van der Waals surface area contributed by atoms with E-state index in [2.05, 4.69) is 15.5 Å². The number of amides is 1. The molecule has 1 heterocycles. The number of alkyl halides is 3. The van der Waals surface area contributed by atoms with Crippen molar-refractivity contribution >= 4 is 35.0 Å². The van der Waals surface area contributed by atoms with Gasteiger partial charge in [0.2, 0.25) is 5.91 Å². The summed E-state index contributed by atoms with van der Waals surface area (Å²) in [5.74, 6) is -1.09. The second-order valence-electron chi connectivity index (χ2n) is 6.40. The van der Waals surface area contributed by atoms with Gasteiger partial charge in [-0.15, -0.1) is 5.10 Å². The Kier molecular flexibility index (Phi) is 6.95. The van der Waals surface area contributed by atoms with Gasteiger partial charge in [0.15, 0.2) is 5.17 Å². The smallest absolute Gasteiger partial charge is 0.416 e. The van der Waals surface area contributed by atoms with Crippen molar-refractivity contribution in [2.75, 3.05) is 0 Å². The molecule has 0 bridgehead atoms. The summed E-state index contributed by atoms with van der Waals surface area (Å²) in [6, 6.07) is 11.6. The number of rotatable bonds is 7. The minimum Gasteiger partial charge on any atom is -0.489 e. The number of hydrogen-bond acceptors (Lipinski definition) is 6. The summed E-state index contributed by atoms with van der Waals surface area (Å²) in [4.78, 5) is 22.4. The number of nitrogens with zero attached hydrogens (tertiary/aromatic N) is 2. The Morgan fingerprint density at radius 3 is 2.74 bits per heavy atom. The van der Waals surface area contributed by atoms with Crippen LogP contribution in [0.3, 0.4) is 0 Å². The second-order valence-corrected chi connectivity index (χ2v) is 7.59.